The Kier molecular flexibility index (Phi) is 6.77. The van der Waals surface area contributed by atoms with Crippen LogP contribution < -0.4 is 15.2 Å². The summed E-state index contributed by atoms with van der Waals surface area (Å²) >= 11 is 0. The molecule has 2 atom stereocenters. The third kappa shape index (κ3) is 4.92. The Labute approximate surface area is 194 Å². The van der Waals surface area contributed by atoms with E-state index in [0.29, 0.717) is 28.9 Å². The fourth-order valence-corrected chi connectivity index (χ4v) is 5.13. The average Bonchev–Trinajstić information content (AvgIpc) is 3.12. The van der Waals surface area contributed by atoms with Gasteiger partial charge < -0.3 is 10.5 Å². The van der Waals surface area contributed by atoms with Crippen molar-refractivity contribution in [3.05, 3.63) is 53.3 Å². The zero-order valence-electron chi connectivity index (χ0n) is 19.0. The molecule has 4 rings (SSSR count). The van der Waals surface area contributed by atoms with E-state index in [4.69, 9.17) is 10.5 Å². The maximum absolute atomic E-state index is 15.1. The largest absolute Gasteiger partial charge is 0.490 e. The number of ether oxygens (including phenoxy) is 1. The minimum absolute atomic E-state index is 0.0563. The molecule has 2 aliphatic rings. The van der Waals surface area contributed by atoms with Gasteiger partial charge in [0, 0.05) is 11.6 Å². The van der Waals surface area contributed by atoms with E-state index in [-0.39, 0.29) is 29.4 Å². The summed E-state index contributed by atoms with van der Waals surface area (Å²) in [6.07, 6.45) is 4.98. The molecule has 2 aliphatic carbocycles. The lowest BCUT2D eigenvalue weighted by Crippen LogP contribution is -2.36. The van der Waals surface area contributed by atoms with E-state index in [2.05, 4.69) is 4.72 Å². The van der Waals surface area contributed by atoms with Crippen LogP contribution >= 0.6 is 0 Å². The SMILES string of the molecule is CC(C)S(=O)(=O)NC(=O)c1cccc(O[C@@H]2CC[C@@H](N)C2)c1-c1cccc(F)c1C1CCC1. The predicted octanol–water partition coefficient (Wildman–Crippen LogP) is 4.49. The summed E-state index contributed by atoms with van der Waals surface area (Å²) in [7, 11) is -3.85. The molecule has 0 bridgehead atoms. The van der Waals surface area contributed by atoms with Gasteiger partial charge in [-0.25, -0.2) is 17.5 Å². The molecule has 6 nitrogen and oxygen atoms in total. The minimum Gasteiger partial charge on any atom is -0.490 e. The normalized spacial score (nSPS) is 21.1. The van der Waals surface area contributed by atoms with Crippen LogP contribution in [0.5, 0.6) is 5.75 Å². The van der Waals surface area contributed by atoms with E-state index in [1.54, 1.807) is 30.3 Å². The number of nitrogens with two attached hydrogens (primary N) is 1. The van der Waals surface area contributed by atoms with Crippen molar-refractivity contribution >= 4 is 15.9 Å². The Bertz CT molecular complexity index is 1150. The Morgan fingerprint density at radius 2 is 1.85 bits per heavy atom. The highest BCUT2D eigenvalue weighted by Crippen LogP contribution is 2.46. The van der Waals surface area contributed by atoms with Gasteiger partial charge in [-0.05, 0) is 81.2 Å². The average molecular weight is 475 g/mol. The molecule has 0 heterocycles. The highest BCUT2D eigenvalue weighted by Gasteiger charge is 2.31. The monoisotopic (exact) mass is 474 g/mol. The van der Waals surface area contributed by atoms with Crippen molar-refractivity contribution in [2.24, 2.45) is 5.73 Å². The van der Waals surface area contributed by atoms with Crippen LogP contribution in [0.25, 0.3) is 11.1 Å². The number of hydrogen-bond acceptors (Lipinski definition) is 5. The van der Waals surface area contributed by atoms with Crippen molar-refractivity contribution in [1.82, 2.24) is 4.72 Å². The number of halogens is 1. The van der Waals surface area contributed by atoms with Gasteiger partial charge in [0.2, 0.25) is 10.0 Å². The van der Waals surface area contributed by atoms with E-state index in [9.17, 15) is 13.2 Å². The van der Waals surface area contributed by atoms with Gasteiger partial charge in [-0.2, -0.15) is 0 Å². The van der Waals surface area contributed by atoms with Crippen LogP contribution in [0.15, 0.2) is 36.4 Å². The van der Waals surface area contributed by atoms with Crippen LogP contribution in [0.2, 0.25) is 0 Å². The predicted molar refractivity (Wildman–Crippen MR) is 126 cm³/mol. The number of benzene rings is 2. The highest BCUT2D eigenvalue weighted by atomic mass is 32.2. The highest BCUT2D eigenvalue weighted by molar-refractivity contribution is 7.90. The topological polar surface area (TPSA) is 98.5 Å². The molecule has 33 heavy (non-hydrogen) atoms. The number of nitrogens with one attached hydrogen (secondary N) is 1. The van der Waals surface area contributed by atoms with Crippen molar-refractivity contribution in [1.29, 1.82) is 0 Å². The molecule has 2 aromatic rings. The first-order valence-corrected chi connectivity index (χ1v) is 13.1. The van der Waals surface area contributed by atoms with Crippen LogP contribution in [0.1, 0.15) is 74.2 Å². The van der Waals surface area contributed by atoms with Gasteiger partial charge in [-0.15, -0.1) is 0 Å². The number of carbonyl (C=O) groups is 1. The first kappa shape index (κ1) is 23.7. The quantitative estimate of drug-likeness (QED) is 0.616. The summed E-state index contributed by atoms with van der Waals surface area (Å²) in [6.45, 7) is 3.00. The summed E-state index contributed by atoms with van der Waals surface area (Å²) in [5, 5.41) is -0.774. The fraction of sp³-hybridized carbons (Fsp3) is 0.480. The number of rotatable bonds is 7. The Morgan fingerprint density at radius 1 is 1.12 bits per heavy atom. The molecule has 1 amide bonds. The Morgan fingerprint density at radius 3 is 2.45 bits per heavy atom. The second-order valence-electron chi connectivity index (χ2n) is 9.35. The van der Waals surface area contributed by atoms with Crippen LogP contribution in [0.3, 0.4) is 0 Å². The number of sulfonamides is 1. The third-order valence-electron chi connectivity index (χ3n) is 6.68. The first-order valence-electron chi connectivity index (χ1n) is 11.6. The van der Waals surface area contributed by atoms with Crippen LogP contribution in [-0.4, -0.2) is 31.7 Å². The molecular weight excluding hydrogens is 443 g/mol. The molecule has 0 unspecified atom stereocenters. The molecule has 0 aromatic heterocycles. The summed E-state index contributed by atoms with van der Waals surface area (Å²) in [4.78, 5) is 13.2. The van der Waals surface area contributed by atoms with Crippen molar-refractivity contribution in [2.45, 2.75) is 75.7 Å². The van der Waals surface area contributed by atoms with Gasteiger partial charge in [0.05, 0.1) is 10.8 Å². The molecule has 2 saturated carbocycles. The molecule has 3 N–H and O–H groups in total. The summed E-state index contributed by atoms with van der Waals surface area (Å²) in [5.41, 5.74) is 7.76. The molecule has 0 saturated heterocycles. The molecule has 8 heteroatoms. The second-order valence-corrected chi connectivity index (χ2v) is 11.6. The van der Waals surface area contributed by atoms with Crippen molar-refractivity contribution < 1.29 is 22.3 Å². The Hall–Kier alpha value is -2.45. The minimum atomic E-state index is -3.85. The summed E-state index contributed by atoms with van der Waals surface area (Å²) < 4.78 is 48.3. The zero-order chi connectivity index (χ0) is 23.8. The lowest BCUT2D eigenvalue weighted by molar-refractivity contribution is 0.0981. The maximum Gasteiger partial charge on any atom is 0.265 e. The zero-order valence-corrected chi connectivity index (χ0v) is 19.8. The standard InChI is InChI=1S/C25H31FN2O4S/c1-15(2)33(30,31)28-25(29)20-9-5-11-22(32-18-13-12-17(27)14-18)24(20)19-8-4-10-21(26)23(19)16-6-3-7-16/h4-5,8-11,15-18H,3,6-7,12-14,27H2,1-2H3,(H,28,29)/t17-,18-/m1/s1. The molecular formula is C25H31FN2O4S. The number of carbonyl (C=O) groups excluding carboxylic acids is 1. The van der Waals surface area contributed by atoms with Crippen molar-refractivity contribution in [2.75, 3.05) is 0 Å². The maximum atomic E-state index is 15.1. The first-order chi connectivity index (χ1) is 15.7. The van der Waals surface area contributed by atoms with Gasteiger partial charge in [0.15, 0.2) is 0 Å². The van der Waals surface area contributed by atoms with Gasteiger partial charge in [0.25, 0.3) is 5.91 Å². The van der Waals surface area contributed by atoms with E-state index in [1.165, 1.54) is 19.9 Å². The van der Waals surface area contributed by atoms with E-state index < -0.39 is 21.2 Å². The molecule has 178 valence electrons. The Balaban J connectivity index is 1.84. The summed E-state index contributed by atoms with van der Waals surface area (Å²) in [5.74, 6) is -0.577. The van der Waals surface area contributed by atoms with Gasteiger partial charge in [-0.3, -0.25) is 4.79 Å². The smallest absolute Gasteiger partial charge is 0.265 e. The lowest BCUT2D eigenvalue weighted by Gasteiger charge is -2.29. The van der Waals surface area contributed by atoms with E-state index in [1.807, 2.05) is 0 Å². The molecule has 0 aliphatic heterocycles. The number of amides is 1. The number of hydrogen-bond donors (Lipinski definition) is 2. The van der Waals surface area contributed by atoms with E-state index in [0.717, 1.165) is 32.1 Å². The lowest BCUT2D eigenvalue weighted by atomic mass is 9.76. The second kappa shape index (κ2) is 9.43. The van der Waals surface area contributed by atoms with Crippen molar-refractivity contribution in [3.8, 4) is 16.9 Å². The fourth-order valence-electron chi connectivity index (χ4n) is 4.53. The molecule has 2 fully saturated rings. The molecule has 0 spiro atoms. The van der Waals surface area contributed by atoms with Gasteiger partial charge in [0.1, 0.15) is 17.7 Å². The van der Waals surface area contributed by atoms with Gasteiger partial charge in [-0.1, -0.05) is 24.6 Å². The third-order valence-corrected chi connectivity index (χ3v) is 8.39. The van der Waals surface area contributed by atoms with Crippen LogP contribution in [-0.2, 0) is 10.0 Å². The summed E-state index contributed by atoms with van der Waals surface area (Å²) in [6, 6.07) is 9.85. The van der Waals surface area contributed by atoms with Crippen molar-refractivity contribution in [3.63, 3.8) is 0 Å². The molecule has 2 aromatic carbocycles. The molecule has 0 radical (unpaired) electrons. The van der Waals surface area contributed by atoms with Crippen LogP contribution in [0, 0.1) is 5.82 Å². The van der Waals surface area contributed by atoms with E-state index >= 15 is 4.39 Å². The van der Waals surface area contributed by atoms with Gasteiger partial charge >= 0.3 is 0 Å². The van der Waals surface area contributed by atoms with Crippen LogP contribution in [0.4, 0.5) is 4.39 Å².